The van der Waals surface area contributed by atoms with Crippen LogP contribution in [0.3, 0.4) is 0 Å². The maximum atomic E-state index is 10.7. The van der Waals surface area contributed by atoms with Crippen LogP contribution >= 0.6 is 11.3 Å². The van der Waals surface area contributed by atoms with Crippen LogP contribution in [0.5, 0.6) is 0 Å². The normalized spacial score (nSPS) is 10.6. The first-order chi connectivity index (χ1) is 6.50. The second-order valence-electron chi connectivity index (χ2n) is 3.49. The third kappa shape index (κ3) is 2.70. The summed E-state index contributed by atoms with van der Waals surface area (Å²) in [6.07, 6.45) is 0. The van der Waals surface area contributed by atoms with Gasteiger partial charge in [-0.3, -0.25) is 0 Å². The van der Waals surface area contributed by atoms with Crippen molar-refractivity contribution in [2.45, 2.75) is 26.3 Å². The maximum absolute atomic E-state index is 10.7. The minimum atomic E-state index is -0.677. The molecule has 0 aliphatic rings. The first-order valence-electron chi connectivity index (χ1n) is 4.41. The zero-order chi connectivity index (χ0) is 10.7. The number of nitrogens with zero attached hydrogens (tertiary/aromatic N) is 2. The van der Waals surface area contributed by atoms with Gasteiger partial charge >= 0.3 is 6.03 Å². The van der Waals surface area contributed by atoms with Gasteiger partial charge in [-0.2, -0.15) is 0 Å². The Bertz CT molecular complexity index is 322. The SMILES string of the molecule is CC(C)c1nc(CN(C)C([NH])=O)cs1. The van der Waals surface area contributed by atoms with E-state index in [1.807, 2.05) is 5.38 Å². The molecule has 2 amide bonds. The van der Waals surface area contributed by atoms with Gasteiger partial charge in [0.15, 0.2) is 0 Å². The van der Waals surface area contributed by atoms with Gasteiger partial charge in [0, 0.05) is 18.3 Å². The van der Waals surface area contributed by atoms with Gasteiger partial charge in [-0.1, -0.05) is 13.8 Å². The Morgan fingerprint density at radius 3 is 2.79 bits per heavy atom. The Kier molecular flexibility index (Phi) is 3.46. The number of carbonyl (C=O) groups is 1. The van der Waals surface area contributed by atoms with Crippen LogP contribution in [0.1, 0.15) is 30.5 Å². The molecule has 14 heavy (non-hydrogen) atoms. The zero-order valence-corrected chi connectivity index (χ0v) is 9.39. The molecule has 0 saturated carbocycles. The van der Waals surface area contributed by atoms with Crippen LogP contribution in [0.15, 0.2) is 5.38 Å². The Morgan fingerprint density at radius 1 is 1.71 bits per heavy atom. The number of aromatic nitrogens is 1. The van der Waals surface area contributed by atoms with E-state index in [-0.39, 0.29) is 0 Å². The van der Waals surface area contributed by atoms with E-state index in [2.05, 4.69) is 18.8 Å². The molecule has 0 spiro atoms. The lowest BCUT2D eigenvalue weighted by Gasteiger charge is -2.10. The molecule has 1 heterocycles. The monoisotopic (exact) mass is 212 g/mol. The average molecular weight is 212 g/mol. The molecule has 0 aliphatic carbocycles. The summed E-state index contributed by atoms with van der Waals surface area (Å²) in [5.74, 6) is 0.422. The molecule has 4 nitrogen and oxygen atoms in total. The lowest BCUT2D eigenvalue weighted by atomic mass is 10.2. The number of hydrogen-bond acceptors (Lipinski definition) is 3. The van der Waals surface area contributed by atoms with E-state index in [1.54, 1.807) is 18.4 Å². The Morgan fingerprint density at radius 2 is 2.36 bits per heavy atom. The van der Waals surface area contributed by atoms with Crippen molar-refractivity contribution in [1.82, 2.24) is 15.6 Å². The lowest BCUT2D eigenvalue weighted by molar-refractivity contribution is 0.214. The van der Waals surface area contributed by atoms with Gasteiger partial charge < -0.3 is 4.90 Å². The van der Waals surface area contributed by atoms with Gasteiger partial charge in [0.25, 0.3) is 0 Å². The Labute approximate surface area is 87.7 Å². The fraction of sp³-hybridized carbons (Fsp3) is 0.556. The van der Waals surface area contributed by atoms with Crippen LogP contribution in [0.2, 0.25) is 0 Å². The summed E-state index contributed by atoms with van der Waals surface area (Å²) >= 11 is 1.60. The summed E-state index contributed by atoms with van der Waals surface area (Å²) in [6, 6.07) is -0.677. The predicted molar refractivity (Wildman–Crippen MR) is 56.2 cm³/mol. The Hall–Kier alpha value is -1.10. The zero-order valence-electron chi connectivity index (χ0n) is 8.57. The van der Waals surface area contributed by atoms with Gasteiger partial charge in [0.1, 0.15) is 0 Å². The molecule has 1 N–H and O–H groups in total. The van der Waals surface area contributed by atoms with Gasteiger partial charge in [-0.15, -0.1) is 11.3 Å². The summed E-state index contributed by atoms with van der Waals surface area (Å²) in [5.41, 5.74) is 7.75. The van der Waals surface area contributed by atoms with Gasteiger partial charge in [-0.25, -0.2) is 15.5 Å². The topological polar surface area (TPSA) is 57.0 Å². The number of amides is 2. The third-order valence-corrected chi connectivity index (χ3v) is 3.00. The highest BCUT2D eigenvalue weighted by molar-refractivity contribution is 7.09. The molecule has 0 aromatic carbocycles. The second kappa shape index (κ2) is 4.41. The second-order valence-corrected chi connectivity index (χ2v) is 4.38. The summed E-state index contributed by atoms with van der Waals surface area (Å²) < 4.78 is 0. The molecule has 0 saturated heterocycles. The minimum absolute atomic E-state index is 0.422. The van der Waals surface area contributed by atoms with Crippen molar-refractivity contribution < 1.29 is 4.79 Å². The molecule has 77 valence electrons. The highest BCUT2D eigenvalue weighted by atomic mass is 32.1. The molecule has 0 bridgehead atoms. The van der Waals surface area contributed by atoms with E-state index in [0.29, 0.717) is 12.5 Å². The summed E-state index contributed by atoms with van der Waals surface area (Å²) in [5, 5.41) is 3.01. The van der Waals surface area contributed by atoms with E-state index >= 15 is 0 Å². The molecule has 1 aromatic rings. The highest BCUT2D eigenvalue weighted by Crippen LogP contribution is 2.19. The van der Waals surface area contributed by atoms with Crippen molar-refractivity contribution in [1.29, 1.82) is 0 Å². The molecule has 0 fully saturated rings. The van der Waals surface area contributed by atoms with Crippen LogP contribution < -0.4 is 5.73 Å². The van der Waals surface area contributed by atoms with E-state index in [4.69, 9.17) is 5.73 Å². The fourth-order valence-corrected chi connectivity index (χ4v) is 1.80. The number of carbonyl (C=O) groups excluding carboxylic acids is 1. The van der Waals surface area contributed by atoms with Gasteiger partial charge in [-0.05, 0) is 0 Å². The number of urea groups is 1. The fourth-order valence-electron chi connectivity index (χ4n) is 0.975. The van der Waals surface area contributed by atoms with Crippen LogP contribution in [0.4, 0.5) is 4.79 Å². The lowest BCUT2D eigenvalue weighted by Crippen LogP contribution is -2.25. The van der Waals surface area contributed by atoms with Crippen molar-refractivity contribution in [2.75, 3.05) is 7.05 Å². The quantitative estimate of drug-likeness (QED) is 0.770. The molecule has 5 heteroatoms. The minimum Gasteiger partial charge on any atom is -0.321 e. The predicted octanol–water partition coefficient (Wildman–Crippen LogP) is 2.10. The molecule has 0 aliphatic heterocycles. The Balaban J connectivity index is 2.64. The first kappa shape index (κ1) is 11.0. The maximum Gasteiger partial charge on any atom is 0.336 e. The number of hydrogen-bond donors (Lipinski definition) is 0. The highest BCUT2D eigenvalue weighted by Gasteiger charge is 2.09. The largest absolute Gasteiger partial charge is 0.336 e. The standard InChI is InChI=1S/C9H14N3OS/c1-6(2)8-11-7(5-14-8)4-12(3)9(10)13/h5-6,10H,4H2,1-3H3. The van der Waals surface area contributed by atoms with Crippen molar-refractivity contribution in [3.63, 3.8) is 0 Å². The smallest absolute Gasteiger partial charge is 0.321 e. The van der Waals surface area contributed by atoms with Gasteiger partial charge in [0.2, 0.25) is 0 Å². The van der Waals surface area contributed by atoms with Crippen LogP contribution in [0.25, 0.3) is 0 Å². The first-order valence-corrected chi connectivity index (χ1v) is 5.29. The van der Waals surface area contributed by atoms with Crippen LogP contribution in [-0.4, -0.2) is 23.0 Å². The summed E-state index contributed by atoms with van der Waals surface area (Å²) in [7, 11) is 1.60. The van der Waals surface area contributed by atoms with E-state index in [0.717, 1.165) is 10.7 Å². The van der Waals surface area contributed by atoms with E-state index in [9.17, 15) is 4.79 Å². The number of thiazole rings is 1. The van der Waals surface area contributed by atoms with Crippen molar-refractivity contribution >= 4 is 17.4 Å². The van der Waals surface area contributed by atoms with E-state index < -0.39 is 6.03 Å². The molecule has 0 atom stereocenters. The van der Waals surface area contributed by atoms with Crippen LogP contribution in [-0.2, 0) is 6.54 Å². The van der Waals surface area contributed by atoms with Crippen LogP contribution in [0, 0.1) is 0 Å². The molecular weight excluding hydrogens is 198 g/mol. The van der Waals surface area contributed by atoms with Crippen molar-refractivity contribution in [3.05, 3.63) is 16.1 Å². The third-order valence-electron chi connectivity index (χ3n) is 1.81. The molecule has 1 radical (unpaired) electrons. The molecule has 1 rings (SSSR count). The summed E-state index contributed by atoms with van der Waals surface area (Å²) in [6.45, 7) is 4.59. The van der Waals surface area contributed by atoms with Crippen molar-refractivity contribution in [2.24, 2.45) is 0 Å². The summed E-state index contributed by atoms with van der Waals surface area (Å²) in [4.78, 5) is 16.4. The number of nitrogens with one attached hydrogen (secondary N) is 1. The average Bonchev–Trinajstić information content (AvgIpc) is 2.52. The molecular formula is C9H14N3OS. The number of rotatable bonds is 3. The van der Waals surface area contributed by atoms with Gasteiger partial charge in [0.05, 0.1) is 17.2 Å². The molecule has 0 unspecified atom stereocenters. The van der Waals surface area contributed by atoms with Crippen molar-refractivity contribution in [3.8, 4) is 0 Å². The van der Waals surface area contributed by atoms with E-state index in [1.165, 1.54) is 4.90 Å². The molecule has 1 aromatic heterocycles.